The molecule has 2 rings (SSSR count). The van der Waals surface area contributed by atoms with Gasteiger partial charge in [0, 0.05) is 31.5 Å². The fourth-order valence-corrected chi connectivity index (χ4v) is 3.98. The number of benzene rings is 1. The number of ketones is 2. The van der Waals surface area contributed by atoms with Crippen LogP contribution < -0.4 is 11.1 Å². The third-order valence-corrected chi connectivity index (χ3v) is 5.52. The summed E-state index contributed by atoms with van der Waals surface area (Å²) < 4.78 is 0. The van der Waals surface area contributed by atoms with Crippen LogP contribution in [0.15, 0.2) is 29.5 Å². The number of nitrogens with one attached hydrogen (secondary N) is 1. The summed E-state index contributed by atoms with van der Waals surface area (Å²) in [5.74, 6) is -1.74. The predicted octanol–water partition coefficient (Wildman–Crippen LogP) is 3.34. The van der Waals surface area contributed by atoms with Gasteiger partial charge in [-0.1, -0.05) is 12.1 Å². The van der Waals surface area contributed by atoms with Crippen molar-refractivity contribution in [3.8, 4) is 0 Å². The molecular weight excluding hydrogens is 352 g/mol. The molecule has 2 unspecified atom stereocenters. The van der Waals surface area contributed by atoms with Gasteiger partial charge >= 0.3 is 0 Å². The number of rotatable bonds is 5. The third kappa shape index (κ3) is 4.41. The number of nitrogens with two attached hydrogens (primary N) is 1. The second-order valence-electron chi connectivity index (χ2n) is 7.80. The van der Waals surface area contributed by atoms with Crippen LogP contribution in [0, 0.1) is 19.8 Å². The quantitative estimate of drug-likeness (QED) is 0.604. The van der Waals surface area contributed by atoms with Crippen molar-refractivity contribution in [2.75, 3.05) is 7.05 Å². The smallest absolute Gasteiger partial charge is 0.220 e. The molecule has 0 saturated heterocycles. The van der Waals surface area contributed by atoms with Crippen molar-refractivity contribution in [1.82, 2.24) is 5.32 Å². The van der Waals surface area contributed by atoms with Crippen LogP contribution in [0.25, 0.3) is 5.57 Å². The minimum Gasteiger partial charge on any atom is -0.402 e. The van der Waals surface area contributed by atoms with E-state index >= 15 is 0 Å². The predicted molar refractivity (Wildman–Crippen MR) is 112 cm³/mol. The van der Waals surface area contributed by atoms with Gasteiger partial charge in [-0.05, 0) is 74.1 Å². The van der Waals surface area contributed by atoms with E-state index in [4.69, 9.17) is 5.73 Å². The van der Waals surface area contributed by atoms with E-state index in [1.807, 2.05) is 52.8 Å². The van der Waals surface area contributed by atoms with E-state index < -0.39 is 11.8 Å². The fourth-order valence-electron chi connectivity index (χ4n) is 3.98. The maximum absolute atomic E-state index is 12.9. The van der Waals surface area contributed by atoms with Crippen LogP contribution in [-0.2, 0) is 14.4 Å². The van der Waals surface area contributed by atoms with E-state index in [2.05, 4.69) is 5.32 Å². The van der Waals surface area contributed by atoms with Crippen molar-refractivity contribution in [1.29, 1.82) is 0 Å². The van der Waals surface area contributed by atoms with Gasteiger partial charge in [-0.15, -0.1) is 0 Å². The van der Waals surface area contributed by atoms with E-state index in [-0.39, 0.29) is 30.3 Å². The molecule has 5 nitrogen and oxygen atoms in total. The van der Waals surface area contributed by atoms with Gasteiger partial charge in [0.15, 0.2) is 5.78 Å². The minimum absolute atomic E-state index is 0.0690. The van der Waals surface area contributed by atoms with Crippen LogP contribution in [0.4, 0.5) is 0 Å². The zero-order valence-corrected chi connectivity index (χ0v) is 17.6. The number of carbonyl (C=O) groups is 3. The molecule has 0 aromatic heterocycles. The van der Waals surface area contributed by atoms with E-state index in [0.29, 0.717) is 0 Å². The molecule has 0 radical (unpaired) electrons. The van der Waals surface area contributed by atoms with E-state index in [1.54, 1.807) is 0 Å². The highest BCUT2D eigenvalue weighted by Crippen LogP contribution is 2.38. The first-order valence-electron chi connectivity index (χ1n) is 9.56. The molecule has 1 saturated carbocycles. The maximum atomic E-state index is 12.9. The molecule has 3 N–H and O–H groups in total. The van der Waals surface area contributed by atoms with Crippen LogP contribution in [0.3, 0.4) is 0 Å². The normalized spacial score (nSPS) is 21.0. The number of aryl methyl sites for hydroxylation is 2. The Morgan fingerprint density at radius 1 is 1.18 bits per heavy atom. The van der Waals surface area contributed by atoms with Gasteiger partial charge in [0.1, 0.15) is 11.7 Å². The largest absolute Gasteiger partial charge is 0.402 e. The van der Waals surface area contributed by atoms with Crippen molar-refractivity contribution in [2.24, 2.45) is 11.7 Å². The second-order valence-corrected chi connectivity index (χ2v) is 7.80. The van der Waals surface area contributed by atoms with Crippen LogP contribution >= 0.6 is 0 Å². The number of carbonyl (C=O) groups excluding carboxylic acids is 3. The number of Topliss-reactive ketones (excluding diaryl/α,β-unsaturated/α-hetero) is 2. The minimum atomic E-state index is -0.764. The molecule has 1 aliphatic rings. The lowest BCUT2D eigenvalue weighted by Gasteiger charge is -2.18. The molecule has 28 heavy (non-hydrogen) atoms. The highest BCUT2D eigenvalue weighted by atomic mass is 16.2. The first-order chi connectivity index (χ1) is 13.1. The van der Waals surface area contributed by atoms with Crippen LogP contribution in [-0.4, -0.2) is 24.5 Å². The molecule has 0 spiro atoms. The Kier molecular flexibility index (Phi) is 6.60. The van der Waals surface area contributed by atoms with Gasteiger partial charge in [-0.3, -0.25) is 14.4 Å². The number of allylic oxidation sites excluding steroid dienone is 4. The van der Waals surface area contributed by atoms with Crippen LogP contribution in [0.1, 0.15) is 61.8 Å². The van der Waals surface area contributed by atoms with Crippen LogP contribution in [0.2, 0.25) is 0 Å². The Balaban J connectivity index is 2.43. The molecule has 150 valence electrons. The lowest BCUT2D eigenvalue weighted by atomic mass is 9.85. The maximum Gasteiger partial charge on any atom is 0.220 e. The molecule has 1 fully saturated rings. The van der Waals surface area contributed by atoms with Gasteiger partial charge in [-0.2, -0.15) is 0 Å². The van der Waals surface area contributed by atoms with Gasteiger partial charge in [0.05, 0.1) is 0 Å². The van der Waals surface area contributed by atoms with Gasteiger partial charge in [-0.25, -0.2) is 0 Å². The summed E-state index contributed by atoms with van der Waals surface area (Å²) in [4.78, 5) is 37.2. The summed E-state index contributed by atoms with van der Waals surface area (Å²) in [6.45, 7) is 9.77. The first-order valence-corrected chi connectivity index (χ1v) is 9.56. The zero-order chi connectivity index (χ0) is 21.2. The molecule has 1 aromatic rings. The van der Waals surface area contributed by atoms with Crippen molar-refractivity contribution < 1.29 is 14.4 Å². The lowest BCUT2D eigenvalue weighted by molar-refractivity contribution is -0.128. The molecule has 5 heteroatoms. The Morgan fingerprint density at radius 2 is 1.75 bits per heavy atom. The lowest BCUT2D eigenvalue weighted by Crippen LogP contribution is -2.24. The average Bonchev–Trinajstić information content (AvgIpc) is 2.87. The van der Waals surface area contributed by atoms with E-state index in [1.165, 1.54) is 7.05 Å². The Bertz CT molecular complexity index is 866. The standard InChI is InChI=1S/C23H30N2O3/c1-12(7-15(4)24)16(5)17-8-13(2)21(14(3)9-17)22-19(26)10-18(23(22)28)11-20(27)25-6/h7-9,18,22H,10-11,24H2,1-6H3,(H,25,27)/b15-7+,16-12+. The van der Waals surface area contributed by atoms with Crippen LogP contribution in [0.5, 0.6) is 0 Å². The third-order valence-electron chi connectivity index (χ3n) is 5.52. The Hall–Kier alpha value is -2.69. The number of hydrogen-bond donors (Lipinski definition) is 2. The number of hydrogen-bond acceptors (Lipinski definition) is 4. The van der Waals surface area contributed by atoms with Gasteiger partial charge < -0.3 is 11.1 Å². The van der Waals surface area contributed by atoms with Crippen molar-refractivity contribution in [3.63, 3.8) is 0 Å². The van der Waals surface area contributed by atoms with E-state index in [0.717, 1.165) is 39.1 Å². The Morgan fingerprint density at radius 3 is 2.25 bits per heavy atom. The number of amides is 1. The zero-order valence-electron chi connectivity index (χ0n) is 17.6. The van der Waals surface area contributed by atoms with E-state index in [9.17, 15) is 14.4 Å². The molecule has 0 bridgehead atoms. The molecule has 2 atom stereocenters. The highest BCUT2D eigenvalue weighted by Gasteiger charge is 2.43. The molecular formula is C23H30N2O3. The van der Waals surface area contributed by atoms with Crippen molar-refractivity contribution in [3.05, 3.63) is 51.7 Å². The molecule has 1 aliphatic carbocycles. The second kappa shape index (κ2) is 8.55. The summed E-state index contributed by atoms with van der Waals surface area (Å²) >= 11 is 0. The average molecular weight is 383 g/mol. The monoisotopic (exact) mass is 382 g/mol. The fraction of sp³-hybridized carbons (Fsp3) is 0.435. The summed E-state index contributed by atoms with van der Waals surface area (Å²) in [5, 5.41) is 2.53. The molecule has 1 aromatic carbocycles. The first kappa shape index (κ1) is 21.6. The summed E-state index contributed by atoms with van der Waals surface area (Å²) in [6, 6.07) is 4.04. The highest BCUT2D eigenvalue weighted by molar-refractivity contribution is 6.15. The van der Waals surface area contributed by atoms with Crippen molar-refractivity contribution >= 4 is 23.0 Å². The molecule has 1 amide bonds. The molecule has 0 heterocycles. The van der Waals surface area contributed by atoms with Gasteiger partial charge in [0.2, 0.25) is 5.91 Å². The van der Waals surface area contributed by atoms with Crippen molar-refractivity contribution in [2.45, 2.75) is 53.4 Å². The van der Waals surface area contributed by atoms with Gasteiger partial charge in [0.25, 0.3) is 0 Å². The SMILES string of the molecule is CNC(=O)CC1CC(=O)C(c2c(C)cc(/C(C)=C(C)/C=C(\C)N)cc2C)C1=O. The topological polar surface area (TPSA) is 89.3 Å². The summed E-state index contributed by atoms with van der Waals surface area (Å²) in [7, 11) is 1.53. The Labute approximate surface area is 167 Å². The summed E-state index contributed by atoms with van der Waals surface area (Å²) in [5.41, 5.74) is 12.4. The molecule has 0 aliphatic heterocycles. The summed E-state index contributed by atoms with van der Waals surface area (Å²) in [6.07, 6.45) is 2.14.